The van der Waals surface area contributed by atoms with Crippen LogP contribution in [0.2, 0.25) is 0 Å². The zero-order valence-electron chi connectivity index (χ0n) is 24.8. The van der Waals surface area contributed by atoms with Gasteiger partial charge in [-0.3, -0.25) is 4.79 Å². The molecular formula is C34H45NO5. The summed E-state index contributed by atoms with van der Waals surface area (Å²) in [7, 11) is 1.32. The van der Waals surface area contributed by atoms with E-state index in [1.54, 1.807) is 0 Å². The van der Waals surface area contributed by atoms with Gasteiger partial charge in [0.1, 0.15) is 12.4 Å². The lowest BCUT2D eigenvalue weighted by molar-refractivity contribution is -0.144. The van der Waals surface area contributed by atoms with Gasteiger partial charge in [-0.2, -0.15) is 0 Å². The standard InChI is InChI=1S/C34H45NO5/c1-7-18-34(4,5)31(37)21-40-30-17-15-26(19-23(30)3)25(8-2)14-12-24-13-16-28-27(20-24)10-9-11-29(28)32(35-22-36)33(38)39-6/h9-11,13,15-17,19-20,22,25,31-32,37H,7-8,12,14,18,21H2,1-6H3,(H,35,36). The van der Waals surface area contributed by atoms with Crippen LogP contribution in [0.1, 0.15) is 87.6 Å². The van der Waals surface area contributed by atoms with Gasteiger partial charge in [-0.1, -0.05) is 82.6 Å². The van der Waals surface area contributed by atoms with Crippen LogP contribution in [0.5, 0.6) is 5.75 Å². The summed E-state index contributed by atoms with van der Waals surface area (Å²) in [5, 5.41) is 15.1. The predicted octanol–water partition coefficient (Wildman–Crippen LogP) is 6.80. The van der Waals surface area contributed by atoms with Crippen LogP contribution < -0.4 is 10.1 Å². The lowest BCUT2D eigenvalue weighted by atomic mass is 9.82. The highest BCUT2D eigenvalue weighted by atomic mass is 16.5. The Morgan fingerprint density at radius 2 is 1.88 bits per heavy atom. The number of ether oxygens (including phenoxy) is 2. The molecule has 0 aliphatic rings. The number of carbonyl (C=O) groups excluding carboxylic acids is 2. The van der Waals surface area contributed by atoms with E-state index in [-0.39, 0.29) is 5.41 Å². The molecule has 3 unspecified atom stereocenters. The van der Waals surface area contributed by atoms with Crippen LogP contribution in [0.25, 0.3) is 10.8 Å². The Kier molecular flexibility index (Phi) is 11.1. The Bertz CT molecular complexity index is 1280. The van der Waals surface area contributed by atoms with Crippen molar-refractivity contribution >= 4 is 23.2 Å². The molecule has 0 aliphatic heterocycles. The quantitative estimate of drug-likeness (QED) is 0.161. The van der Waals surface area contributed by atoms with Gasteiger partial charge in [0.15, 0.2) is 6.04 Å². The second-order valence-corrected chi connectivity index (χ2v) is 11.4. The Morgan fingerprint density at radius 1 is 1.10 bits per heavy atom. The van der Waals surface area contributed by atoms with Gasteiger partial charge in [0.2, 0.25) is 6.41 Å². The smallest absolute Gasteiger partial charge is 0.333 e. The molecule has 216 valence electrons. The van der Waals surface area contributed by atoms with Crippen molar-refractivity contribution in [3.05, 3.63) is 76.9 Å². The number of hydrogen-bond acceptors (Lipinski definition) is 5. The molecular weight excluding hydrogens is 502 g/mol. The first-order valence-electron chi connectivity index (χ1n) is 14.4. The first-order chi connectivity index (χ1) is 19.1. The van der Waals surface area contributed by atoms with Gasteiger partial charge in [-0.15, -0.1) is 0 Å². The van der Waals surface area contributed by atoms with Crippen LogP contribution in [-0.2, 0) is 20.7 Å². The van der Waals surface area contributed by atoms with Crippen LogP contribution in [0.3, 0.4) is 0 Å². The fraction of sp³-hybridized carbons (Fsp3) is 0.471. The molecule has 0 saturated heterocycles. The summed E-state index contributed by atoms with van der Waals surface area (Å²) < 4.78 is 10.9. The minimum atomic E-state index is -0.845. The number of benzene rings is 3. The number of aryl methyl sites for hydroxylation is 2. The average Bonchev–Trinajstić information content (AvgIpc) is 2.94. The first-order valence-corrected chi connectivity index (χ1v) is 14.4. The normalized spacial score (nSPS) is 13.9. The zero-order chi connectivity index (χ0) is 29.3. The number of rotatable bonds is 15. The van der Waals surface area contributed by atoms with E-state index in [1.165, 1.54) is 18.2 Å². The fourth-order valence-electron chi connectivity index (χ4n) is 5.48. The Morgan fingerprint density at radius 3 is 2.52 bits per heavy atom. The molecule has 6 nitrogen and oxygen atoms in total. The van der Waals surface area contributed by atoms with E-state index in [1.807, 2.05) is 30.3 Å². The van der Waals surface area contributed by atoms with E-state index in [0.717, 1.165) is 54.2 Å². The summed E-state index contributed by atoms with van der Waals surface area (Å²) in [6.07, 6.45) is 4.95. The summed E-state index contributed by atoms with van der Waals surface area (Å²) in [6.45, 7) is 10.9. The number of methoxy groups -OCH3 is 1. The summed E-state index contributed by atoms with van der Waals surface area (Å²) >= 11 is 0. The summed E-state index contributed by atoms with van der Waals surface area (Å²) in [5.74, 6) is 0.728. The van der Waals surface area contributed by atoms with Gasteiger partial charge in [-0.05, 0) is 83.0 Å². The first kappa shape index (κ1) is 31.2. The summed E-state index contributed by atoms with van der Waals surface area (Å²) in [6, 6.07) is 17.6. The van der Waals surface area contributed by atoms with Crippen LogP contribution in [0.4, 0.5) is 0 Å². The Labute approximate surface area is 239 Å². The maximum atomic E-state index is 12.3. The molecule has 0 fully saturated rings. The number of carbonyl (C=O) groups is 2. The molecule has 3 atom stereocenters. The minimum absolute atomic E-state index is 0.171. The molecule has 0 heterocycles. The van der Waals surface area contributed by atoms with E-state index >= 15 is 0 Å². The Balaban J connectivity index is 1.70. The number of esters is 1. The van der Waals surface area contributed by atoms with Gasteiger partial charge in [-0.25, -0.2) is 4.79 Å². The van der Waals surface area contributed by atoms with Crippen molar-refractivity contribution < 1.29 is 24.2 Å². The molecule has 3 aromatic rings. The van der Waals surface area contributed by atoms with Crippen molar-refractivity contribution in [3.63, 3.8) is 0 Å². The molecule has 3 rings (SSSR count). The third-order valence-corrected chi connectivity index (χ3v) is 8.10. The van der Waals surface area contributed by atoms with Crippen LogP contribution in [0.15, 0.2) is 54.6 Å². The number of aliphatic hydroxyl groups is 1. The zero-order valence-corrected chi connectivity index (χ0v) is 24.8. The van der Waals surface area contributed by atoms with Gasteiger partial charge < -0.3 is 19.9 Å². The molecule has 0 bridgehead atoms. The van der Waals surface area contributed by atoms with Crippen molar-refractivity contribution in [2.75, 3.05) is 13.7 Å². The number of amides is 1. The van der Waals surface area contributed by atoms with E-state index in [9.17, 15) is 14.7 Å². The monoisotopic (exact) mass is 547 g/mol. The fourth-order valence-corrected chi connectivity index (χ4v) is 5.48. The van der Waals surface area contributed by atoms with Gasteiger partial charge in [0.05, 0.1) is 13.2 Å². The number of aliphatic hydroxyl groups excluding tert-OH is 1. The molecule has 0 saturated carbocycles. The largest absolute Gasteiger partial charge is 0.491 e. The summed E-state index contributed by atoms with van der Waals surface area (Å²) in [4.78, 5) is 23.4. The van der Waals surface area contributed by atoms with Crippen LogP contribution in [-0.4, -0.2) is 37.3 Å². The number of hydrogen-bond donors (Lipinski definition) is 2. The van der Waals surface area contributed by atoms with Crippen molar-refractivity contribution in [1.82, 2.24) is 5.32 Å². The number of fused-ring (bicyclic) bond motifs is 1. The van der Waals surface area contributed by atoms with E-state index in [2.05, 4.69) is 64.2 Å². The van der Waals surface area contributed by atoms with Crippen LogP contribution >= 0.6 is 0 Å². The highest BCUT2D eigenvalue weighted by Crippen LogP contribution is 2.32. The molecule has 40 heavy (non-hydrogen) atoms. The maximum Gasteiger partial charge on any atom is 0.333 e. The molecule has 2 N–H and O–H groups in total. The minimum Gasteiger partial charge on any atom is -0.491 e. The highest BCUT2D eigenvalue weighted by Gasteiger charge is 2.27. The lowest BCUT2D eigenvalue weighted by Crippen LogP contribution is -2.34. The molecule has 0 spiro atoms. The van der Waals surface area contributed by atoms with Gasteiger partial charge in [0, 0.05) is 0 Å². The second-order valence-electron chi connectivity index (χ2n) is 11.4. The molecule has 6 heteroatoms. The molecule has 0 radical (unpaired) electrons. The van der Waals surface area contributed by atoms with Crippen LogP contribution in [0, 0.1) is 12.3 Å². The van der Waals surface area contributed by atoms with Crippen molar-refractivity contribution in [1.29, 1.82) is 0 Å². The van der Waals surface area contributed by atoms with E-state index in [0.29, 0.717) is 24.5 Å². The summed E-state index contributed by atoms with van der Waals surface area (Å²) in [5.41, 5.74) is 4.15. The number of nitrogens with one attached hydrogen (secondary N) is 1. The van der Waals surface area contributed by atoms with Crippen molar-refractivity contribution in [3.8, 4) is 5.75 Å². The van der Waals surface area contributed by atoms with E-state index in [4.69, 9.17) is 9.47 Å². The van der Waals surface area contributed by atoms with Crippen molar-refractivity contribution in [2.24, 2.45) is 5.41 Å². The SMILES string of the molecule is CCCC(C)(C)C(O)COc1ccc(C(CC)CCc2ccc3c(C(NC=O)C(=O)OC)cccc3c2)cc1C. The predicted molar refractivity (Wildman–Crippen MR) is 161 cm³/mol. The highest BCUT2D eigenvalue weighted by molar-refractivity contribution is 5.92. The molecule has 0 aliphatic carbocycles. The topological polar surface area (TPSA) is 84.9 Å². The third-order valence-electron chi connectivity index (χ3n) is 8.10. The molecule has 3 aromatic carbocycles. The second kappa shape index (κ2) is 14.3. The Hall–Kier alpha value is -3.38. The molecule has 1 amide bonds. The van der Waals surface area contributed by atoms with Crippen molar-refractivity contribution in [2.45, 2.75) is 84.8 Å². The lowest BCUT2D eigenvalue weighted by Gasteiger charge is -2.30. The molecule has 0 aromatic heterocycles. The van der Waals surface area contributed by atoms with E-state index < -0.39 is 18.1 Å². The maximum absolute atomic E-state index is 12.3. The third kappa shape index (κ3) is 7.63. The average molecular weight is 548 g/mol. The van der Waals surface area contributed by atoms with Gasteiger partial charge >= 0.3 is 5.97 Å². The van der Waals surface area contributed by atoms with Gasteiger partial charge in [0.25, 0.3) is 0 Å².